The van der Waals surface area contributed by atoms with Gasteiger partial charge in [-0.25, -0.2) is 4.79 Å². The third-order valence-electron chi connectivity index (χ3n) is 3.73. The molecule has 0 aromatic carbocycles. The molecule has 1 saturated heterocycles. The molecule has 1 aliphatic rings. The number of carbonyl (C=O) groups is 2. The van der Waals surface area contributed by atoms with Crippen LogP contribution in [0.2, 0.25) is 0 Å². The smallest absolute Gasteiger partial charge is 0.328 e. The molecule has 0 radical (unpaired) electrons. The standard InChI is InChI=1S/C15H20N2O3S/c1-10-8-13(21-12(10)5-6-14(18)19)15(20)16-9-11-4-3-7-17(11)2/h5-6,8,11H,3-4,7,9H2,1-2H3,(H,16,20)(H,18,19)/b6-5+. The van der Waals surface area contributed by atoms with Crippen molar-refractivity contribution in [3.63, 3.8) is 0 Å². The van der Waals surface area contributed by atoms with Gasteiger partial charge in [0, 0.05) is 23.5 Å². The first-order chi connectivity index (χ1) is 9.97. The first-order valence-electron chi connectivity index (χ1n) is 6.97. The van der Waals surface area contributed by atoms with E-state index in [9.17, 15) is 9.59 Å². The van der Waals surface area contributed by atoms with Crippen LogP contribution in [0, 0.1) is 6.92 Å². The molecule has 1 amide bonds. The molecule has 1 fully saturated rings. The Morgan fingerprint density at radius 3 is 2.95 bits per heavy atom. The van der Waals surface area contributed by atoms with E-state index in [0.717, 1.165) is 29.5 Å². The number of thiophene rings is 1. The van der Waals surface area contributed by atoms with Crippen LogP contribution in [-0.4, -0.2) is 48.1 Å². The highest BCUT2D eigenvalue weighted by atomic mass is 32.1. The summed E-state index contributed by atoms with van der Waals surface area (Å²) in [5.41, 5.74) is 0.917. The van der Waals surface area contributed by atoms with Gasteiger partial charge in [0.25, 0.3) is 5.91 Å². The molecule has 0 spiro atoms. The van der Waals surface area contributed by atoms with E-state index in [1.807, 2.05) is 6.92 Å². The SMILES string of the molecule is Cc1cc(C(=O)NCC2CCCN2C)sc1/C=C/C(=O)O. The number of nitrogens with one attached hydrogen (secondary N) is 1. The van der Waals surface area contributed by atoms with Gasteiger partial charge in [-0.05, 0) is 51.1 Å². The quantitative estimate of drug-likeness (QED) is 0.816. The fourth-order valence-electron chi connectivity index (χ4n) is 2.46. The Kier molecular flexibility index (Phi) is 5.14. The second-order valence-corrected chi connectivity index (χ2v) is 6.40. The van der Waals surface area contributed by atoms with E-state index >= 15 is 0 Å². The van der Waals surface area contributed by atoms with Crippen molar-refractivity contribution in [2.24, 2.45) is 0 Å². The van der Waals surface area contributed by atoms with Crippen LogP contribution in [0.1, 0.15) is 33.0 Å². The van der Waals surface area contributed by atoms with E-state index in [4.69, 9.17) is 5.11 Å². The second kappa shape index (κ2) is 6.87. The Bertz CT molecular complexity index is 565. The lowest BCUT2D eigenvalue weighted by molar-refractivity contribution is -0.131. The third-order valence-corrected chi connectivity index (χ3v) is 4.93. The molecule has 1 aliphatic heterocycles. The minimum atomic E-state index is -0.988. The van der Waals surface area contributed by atoms with Crippen molar-refractivity contribution in [2.45, 2.75) is 25.8 Å². The van der Waals surface area contributed by atoms with Crippen molar-refractivity contribution < 1.29 is 14.7 Å². The van der Waals surface area contributed by atoms with Gasteiger partial charge in [-0.3, -0.25) is 4.79 Å². The van der Waals surface area contributed by atoms with E-state index in [1.54, 1.807) is 6.07 Å². The van der Waals surface area contributed by atoms with Crippen LogP contribution in [0.5, 0.6) is 0 Å². The molecule has 1 aromatic heterocycles. The number of carbonyl (C=O) groups excluding carboxylic acids is 1. The Hall–Kier alpha value is -1.66. The number of hydrogen-bond donors (Lipinski definition) is 2. The highest BCUT2D eigenvalue weighted by Gasteiger charge is 2.21. The molecule has 1 aromatic rings. The van der Waals surface area contributed by atoms with Crippen LogP contribution in [0.3, 0.4) is 0 Å². The van der Waals surface area contributed by atoms with E-state index in [-0.39, 0.29) is 5.91 Å². The molecule has 5 nitrogen and oxygen atoms in total. The van der Waals surface area contributed by atoms with Gasteiger partial charge < -0.3 is 15.3 Å². The van der Waals surface area contributed by atoms with Gasteiger partial charge in [0.2, 0.25) is 0 Å². The minimum absolute atomic E-state index is 0.0848. The molecule has 1 unspecified atom stereocenters. The van der Waals surface area contributed by atoms with Crippen molar-refractivity contribution in [1.29, 1.82) is 0 Å². The molecule has 6 heteroatoms. The molecule has 1 atom stereocenters. The highest BCUT2D eigenvalue weighted by molar-refractivity contribution is 7.15. The zero-order chi connectivity index (χ0) is 15.4. The highest BCUT2D eigenvalue weighted by Crippen LogP contribution is 2.23. The lowest BCUT2D eigenvalue weighted by atomic mass is 10.2. The number of carboxylic acid groups (broad SMARTS) is 1. The van der Waals surface area contributed by atoms with Gasteiger partial charge in [-0.15, -0.1) is 11.3 Å². The van der Waals surface area contributed by atoms with E-state index in [1.165, 1.54) is 23.8 Å². The fourth-order valence-corrected chi connectivity index (χ4v) is 3.45. The molecule has 0 bridgehead atoms. The maximum absolute atomic E-state index is 12.2. The van der Waals surface area contributed by atoms with Crippen molar-refractivity contribution in [3.8, 4) is 0 Å². The molecule has 2 rings (SSSR count). The number of likely N-dealkylation sites (tertiary alicyclic amines) is 1. The summed E-state index contributed by atoms with van der Waals surface area (Å²) in [6, 6.07) is 2.22. The van der Waals surface area contributed by atoms with Gasteiger partial charge >= 0.3 is 5.97 Å². The molecule has 2 N–H and O–H groups in total. The average molecular weight is 308 g/mol. The summed E-state index contributed by atoms with van der Waals surface area (Å²) in [6.07, 6.45) is 4.92. The molecule has 21 heavy (non-hydrogen) atoms. The average Bonchev–Trinajstić information content (AvgIpc) is 3.00. The van der Waals surface area contributed by atoms with Crippen molar-refractivity contribution >= 4 is 29.3 Å². The third kappa shape index (κ3) is 4.15. The van der Waals surface area contributed by atoms with Crippen molar-refractivity contribution in [2.75, 3.05) is 20.1 Å². The largest absolute Gasteiger partial charge is 0.478 e. The van der Waals surface area contributed by atoms with E-state index < -0.39 is 5.97 Å². The summed E-state index contributed by atoms with van der Waals surface area (Å²) in [5, 5.41) is 11.6. The van der Waals surface area contributed by atoms with Gasteiger partial charge in [-0.1, -0.05) is 0 Å². The number of carboxylic acids is 1. The minimum Gasteiger partial charge on any atom is -0.478 e. The number of aliphatic carboxylic acids is 1. The summed E-state index contributed by atoms with van der Waals surface area (Å²) in [4.78, 5) is 26.4. The Balaban J connectivity index is 1.96. The van der Waals surface area contributed by atoms with Crippen LogP contribution >= 0.6 is 11.3 Å². The maximum Gasteiger partial charge on any atom is 0.328 e. The molecular weight excluding hydrogens is 288 g/mol. The lowest BCUT2D eigenvalue weighted by Crippen LogP contribution is -2.37. The summed E-state index contributed by atoms with van der Waals surface area (Å²) >= 11 is 1.32. The number of hydrogen-bond acceptors (Lipinski definition) is 4. The second-order valence-electron chi connectivity index (χ2n) is 5.32. The molecule has 114 valence electrons. The molecule has 0 saturated carbocycles. The van der Waals surface area contributed by atoms with Gasteiger partial charge in [0.15, 0.2) is 0 Å². The molecule has 0 aliphatic carbocycles. The lowest BCUT2D eigenvalue weighted by Gasteiger charge is -2.19. The first kappa shape index (κ1) is 15.7. The molecular formula is C15H20N2O3S. The van der Waals surface area contributed by atoms with Gasteiger partial charge in [-0.2, -0.15) is 0 Å². The summed E-state index contributed by atoms with van der Waals surface area (Å²) in [5.74, 6) is -1.07. The summed E-state index contributed by atoms with van der Waals surface area (Å²) in [7, 11) is 2.08. The van der Waals surface area contributed by atoms with E-state index in [2.05, 4.69) is 17.3 Å². The van der Waals surface area contributed by atoms with E-state index in [0.29, 0.717) is 17.5 Å². The summed E-state index contributed by atoms with van der Waals surface area (Å²) < 4.78 is 0. The topological polar surface area (TPSA) is 69.6 Å². The maximum atomic E-state index is 12.2. The molecule has 2 heterocycles. The summed E-state index contributed by atoms with van der Waals surface area (Å²) in [6.45, 7) is 3.62. The number of nitrogens with zero attached hydrogens (tertiary/aromatic N) is 1. The van der Waals surface area contributed by atoms with Gasteiger partial charge in [0.05, 0.1) is 4.88 Å². The fraction of sp³-hybridized carbons (Fsp3) is 0.467. The zero-order valence-electron chi connectivity index (χ0n) is 12.3. The first-order valence-corrected chi connectivity index (χ1v) is 7.79. The number of aryl methyl sites for hydroxylation is 1. The van der Waals surface area contributed by atoms with Crippen LogP contribution in [-0.2, 0) is 4.79 Å². The predicted octanol–water partition coefficient (Wildman–Crippen LogP) is 1.98. The van der Waals surface area contributed by atoms with Crippen LogP contribution < -0.4 is 5.32 Å². The van der Waals surface area contributed by atoms with Crippen molar-refractivity contribution in [1.82, 2.24) is 10.2 Å². The number of rotatable bonds is 5. The van der Waals surface area contributed by atoms with Gasteiger partial charge in [0.1, 0.15) is 0 Å². The van der Waals surface area contributed by atoms with Crippen LogP contribution in [0.4, 0.5) is 0 Å². The number of amides is 1. The predicted molar refractivity (Wildman–Crippen MR) is 83.7 cm³/mol. The monoisotopic (exact) mass is 308 g/mol. The number of likely N-dealkylation sites (N-methyl/N-ethyl adjacent to an activating group) is 1. The zero-order valence-corrected chi connectivity index (χ0v) is 13.1. The Morgan fingerprint density at radius 1 is 1.57 bits per heavy atom. The normalized spacial score (nSPS) is 19.2. The Labute approximate surface area is 128 Å². The van der Waals surface area contributed by atoms with Crippen LogP contribution in [0.15, 0.2) is 12.1 Å². The van der Waals surface area contributed by atoms with Crippen LogP contribution in [0.25, 0.3) is 6.08 Å². The van der Waals surface area contributed by atoms with Crippen molar-refractivity contribution in [3.05, 3.63) is 27.5 Å². The Morgan fingerprint density at radius 2 is 2.33 bits per heavy atom.